The van der Waals surface area contributed by atoms with Gasteiger partial charge in [-0.3, -0.25) is 4.79 Å². The second-order valence-electron chi connectivity index (χ2n) is 9.66. The number of Topliss-reactive ketones (excluding diaryl/α,β-unsaturated/α-hetero) is 1. The molecule has 1 fully saturated rings. The molecule has 0 radical (unpaired) electrons. The van der Waals surface area contributed by atoms with Gasteiger partial charge in [-0.1, -0.05) is 30.3 Å². The van der Waals surface area contributed by atoms with Gasteiger partial charge in [0.15, 0.2) is 0 Å². The third kappa shape index (κ3) is 4.79. The van der Waals surface area contributed by atoms with E-state index in [1.807, 2.05) is 18.2 Å². The Morgan fingerprint density at radius 2 is 2.00 bits per heavy atom. The van der Waals surface area contributed by atoms with Gasteiger partial charge in [0.1, 0.15) is 22.9 Å². The molecule has 3 atom stereocenters. The molecule has 1 heterocycles. The number of aliphatic hydroxyl groups excluding tert-OH is 1. The fraction of sp³-hybridized carbons (Fsp3) is 0.519. The molecule has 0 bridgehead atoms. The number of rotatable bonds is 7. The van der Waals surface area contributed by atoms with E-state index in [-0.39, 0.29) is 30.1 Å². The fourth-order valence-electron chi connectivity index (χ4n) is 5.39. The second kappa shape index (κ2) is 9.04. The molecule has 1 saturated carbocycles. The molecule has 4 heteroatoms. The maximum Gasteiger partial charge on any atom is 0.133 e. The lowest BCUT2D eigenvalue weighted by atomic mass is 9.65. The standard InChI is InChI=1S/C27H34O4/c1-18(8-7-11-19-9-5-4-6-10-19)30-22-14-20(17-28)26-23-15-21(29)12-13-24(23)27(2,3)31-25(26)16-22/h4-6,9-10,14,16,18,23-24,28H,7-8,11-13,15,17H2,1-3H3. The highest BCUT2D eigenvalue weighted by Crippen LogP contribution is 2.52. The number of aryl methyl sites for hydroxylation is 1. The molecule has 4 nitrogen and oxygen atoms in total. The van der Waals surface area contributed by atoms with Crippen molar-refractivity contribution < 1.29 is 19.4 Å². The summed E-state index contributed by atoms with van der Waals surface area (Å²) in [5.41, 5.74) is 2.83. The molecular weight excluding hydrogens is 388 g/mol. The van der Waals surface area contributed by atoms with E-state index in [0.29, 0.717) is 18.6 Å². The van der Waals surface area contributed by atoms with Gasteiger partial charge in [-0.15, -0.1) is 0 Å². The largest absolute Gasteiger partial charge is 0.491 e. The van der Waals surface area contributed by atoms with Crippen LogP contribution >= 0.6 is 0 Å². The van der Waals surface area contributed by atoms with Crippen LogP contribution in [0.5, 0.6) is 11.5 Å². The summed E-state index contributed by atoms with van der Waals surface area (Å²) in [6, 6.07) is 14.4. The van der Waals surface area contributed by atoms with Crippen molar-refractivity contribution in [3.63, 3.8) is 0 Å². The number of hydrogen-bond acceptors (Lipinski definition) is 4. The minimum Gasteiger partial charge on any atom is -0.491 e. The smallest absolute Gasteiger partial charge is 0.133 e. The van der Waals surface area contributed by atoms with Gasteiger partial charge in [0.05, 0.1) is 12.7 Å². The number of hydrogen-bond donors (Lipinski definition) is 1. The Labute approximate surface area is 185 Å². The molecule has 1 aliphatic heterocycles. The number of carbonyl (C=O) groups excluding carboxylic acids is 1. The number of fused-ring (bicyclic) bond motifs is 3. The number of benzene rings is 2. The first-order chi connectivity index (χ1) is 14.9. The summed E-state index contributed by atoms with van der Waals surface area (Å²) in [7, 11) is 0. The van der Waals surface area contributed by atoms with Crippen LogP contribution in [0.1, 0.15) is 75.5 Å². The van der Waals surface area contributed by atoms with Gasteiger partial charge in [-0.25, -0.2) is 0 Å². The second-order valence-corrected chi connectivity index (χ2v) is 9.66. The predicted octanol–water partition coefficient (Wildman–Crippen LogP) is 5.59. The van der Waals surface area contributed by atoms with Crippen molar-refractivity contribution in [1.82, 2.24) is 0 Å². The zero-order valence-corrected chi connectivity index (χ0v) is 18.9. The summed E-state index contributed by atoms with van der Waals surface area (Å²) in [5, 5.41) is 10.1. The van der Waals surface area contributed by atoms with Gasteiger partial charge < -0.3 is 14.6 Å². The molecule has 31 heavy (non-hydrogen) atoms. The van der Waals surface area contributed by atoms with Gasteiger partial charge in [0.25, 0.3) is 0 Å². The third-order valence-electron chi connectivity index (χ3n) is 6.93. The van der Waals surface area contributed by atoms with Crippen molar-refractivity contribution >= 4 is 5.78 Å². The van der Waals surface area contributed by atoms with Crippen molar-refractivity contribution in [2.45, 2.75) is 83.5 Å². The molecule has 2 aliphatic rings. The van der Waals surface area contributed by atoms with E-state index in [9.17, 15) is 9.90 Å². The van der Waals surface area contributed by atoms with Crippen molar-refractivity contribution in [3.05, 3.63) is 59.2 Å². The molecule has 0 spiro atoms. The third-order valence-corrected chi connectivity index (χ3v) is 6.93. The van der Waals surface area contributed by atoms with Crippen LogP contribution in [0.4, 0.5) is 0 Å². The van der Waals surface area contributed by atoms with Crippen LogP contribution in [0, 0.1) is 5.92 Å². The summed E-state index contributed by atoms with van der Waals surface area (Å²) in [6.07, 6.45) is 5.11. The van der Waals surface area contributed by atoms with E-state index in [1.165, 1.54) is 5.56 Å². The van der Waals surface area contributed by atoms with Crippen LogP contribution in [-0.4, -0.2) is 22.6 Å². The summed E-state index contributed by atoms with van der Waals surface area (Å²) >= 11 is 0. The molecule has 0 aromatic heterocycles. The van der Waals surface area contributed by atoms with E-state index in [2.05, 4.69) is 45.0 Å². The molecule has 0 saturated heterocycles. The van der Waals surface area contributed by atoms with E-state index in [0.717, 1.165) is 48.3 Å². The number of carbonyl (C=O) groups is 1. The zero-order valence-electron chi connectivity index (χ0n) is 18.9. The Kier molecular flexibility index (Phi) is 6.38. The van der Waals surface area contributed by atoms with E-state index >= 15 is 0 Å². The van der Waals surface area contributed by atoms with E-state index in [4.69, 9.17) is 9.47 Å². The van der Waals surface area contributed by atoms with Crippen molar-refractivity contribution in [2.75, 3.05) is 0 Å². The van der Waals surface area contributed by atoms with E-state index < -0.39 is 0 Å². The Balaban J connectivity index is 1.49. The summed E-state index contributed by atoms with van der Waals surface area (Å²) in [4.78, 5) is 12.2. The van der Waals surface area contributed by atoms with Crippen molar-refractivity contribution in [3.8, 4) is 11.5 Å². The van der Waals surface area contributed by atoms with Crippen LogP contribution < -0.4 is 9.47 Å². The summed E-state index contributed by atoms with van der Waals surface area (Å²) < 4.78 is 12.7. The quantitative estimate of drug-likeness (QED) is 0.632. The van der Waals surface area contributed by atoms with Gasteiger partial charge in [0, 0.05) is 36.3 Å². The lowest BCUT2D eigenvalue weighted by molar-refractivity contribution is -0.124. The SMILES string of the molecule is CC(CCCc1ccccc1)Oc1cc(CO)c2c(c1)OC(C)(C)C1CCC(=O)CC21. The molecule has 2 aromatic rings. The predicted molar refractivity (Wildman–Crippen MR) is 122 cm³/mol. The first kappa shape index (κ1) is 21.9. The van der Waals surface area contributed by atoms with Crippen molar-refractivity contribution in [1.29, 1.82) is 0 Å². The minimum atomic E-state index is -0.342. The van der Waals surface area contributed by atoms with Gasteiger partial charge in [0.2, 0.25) is 0 Å². The van der Waals surface area contributed by atoms with Crippen LogP contribution in [0.15, 0.2) is 42.5 Å². The number of aliphatic hydroxyl groups is 1. The average Bonchev–Trinajstić information content (AvgIpc) is 2.73. The number of ether oxygens (including phenoxy) is 2. The highest BCUT2D eigenvalue weighted by molar-refractivity contribution is 5.81. The molecule has 4 rings (SSSR count). The molecule has 2 aromatic carbocycles. The van der Waals surface area contributed by atoms with Crippen LogP contribution in [-0.2, 0) is 17.8 Å². The first-order valence-corrected chi connectivity index (χ1v) is 11.6. The van der Waals surface area contributed by atoms with Gasteiger partial charge >= 0.3 is 0 Å². The molecule has 1 N–H and O–H groups in total. The Bertz CT molecular complexity index is 918. The maximum atomic E-state index is 12.2. The zero-order chi connectivity index (χ0) is 22.0. The Morgan fingerprint density at radius 3 is 2.74 bits per heavy atom. The van der Waals surface area contributed by atoms with Gasteiger partial charge in [-0.2, -0.15) is 0 Å². The van der Waals surface area contributed by atoms with Crippen LogP contribution in [0.25, 0.3) is 0 Å². The first-order valence-electron chi connectivity index (χ1n) is 11.6. The summed E-state index contributed by atoms with van der Waals surface area (Å²) in [5.74, 6) is 2.19. The lowest BCUT2D eigenvalue weighted by Crippen LogP contribution is -2.47. The molecule has 3 unspecified atom stereocenters. The minimum absolute atomic E-state index is 0.0638. The van der Waals surface area contributed by atoms with Crippen LogP contribution in [0.3, 0.4) is 0 Å². The van der Waals surface area contributed by atoms with E-state index in [1.54, 1.807) is 0 Å². The Hall–Kier alpha value is -2.33. The van der Waals surface area contributed by atoms with Crippen molar-refractivity contribution in [2.24, 2.45) is 5.92 Å². The number of ketones is 1. The molecule has 1 aliphatic carbocycles. The van der Waals surface area contributed by atoms with Gasteiger partial charge in [-0.05, 0) is 63.6 Å². The highest BCUT2D eigenvalue weighted by Gasteiger charge is 2.47. The molecule has 0 amide bonds. The Morgan fingerprint density at radius 1 is 1.23 bits per heavy atom. The average molecular weight is 423 g/mol. The molecular formula is C27H34O4. The molecule has 166 valence electrons. The highest BCUT2D eigenvalue weighted by atomic mass is 16.5. The van der Waals surface area contributed by atoms with Crippen LogP contribution in [0.2, 0.25) is 0 Å². The monoisotopic (exact) mass is 422 g/mol. The topological polar surface area (TPSA) is 55.8 Å². The summed E-state index contributed by atoms with van der Waals surface area (Å²) in [6.45, 7) is 6.23. The maximum absolute atomic E-state index is 12.2. The fourth-order valence-corrected chi connectivity index (χ4v) is 5.39. The normalized spacial score (nSPS) is 22.8. The lowest BCUT2D eigenvalue weighted by Gasteiger charge is -2.47.